The van der Waals surface area contributed by atoms with Gasteiger partial charge in [0.05, 0.1) is 11.4 Å². The average Bonchev–Trinajstić information content (AvgIpc) is 3.63. The standard InChI is InChI=1S/C62H54N2O/c1-39-17-25-47(26-18-39)63(55-31-23-41-13-9-11-15-51(41)59(55)61(3,4)5)49-29-21-43-35-53-54-36-44-22-30-50(34-46(44)38-58(54)65-57(53)37-45(43)33-49)64(48-27-19-40(2)20-28-48)56-32-24-42-14-10-12-16-52(42)60(56)62(6,7)8/h9-38H,1-8H3. The van der Waals surface area contributed by atoms with E-state index in [4.69, 9.17) is 4.42 Å². The Balaban J connectivity index is 1.05. The van der Waals surface area contributed by atoms with Crippen molar-refractivity contribution < 1.29 is 4.42 Å². The van der Waals surface area contributed by atoms with Crippen molar-refractivity contribution in [3.63, 3.8) is 0 Å². The van der Waals surface area contributed by atoms with E-state index >= 15 is 0 Å². The lowest BCUT2D eigenvalue weighted by Gasteiger charge is -2.33. The number of hydrogen-bond donors (Lipinski definition) is 0. The number of anilines is 6. The molecule has 0 fully saturated rings. The molecule has 1 aromatic heterocycles. The van der Waals surface area contributed by atoms with Crippen LogP contribution in [0.4, 0.5) is 34.1 Å². The van der Waals surface area contributed by atoms with E-state index in [1.807, 2.05) is 0 Å². The van der Waals surface area contributed by atoms with Crippen molar-refractivity contribution in [2.45, 2.75) is 66.2 Å². The zero-order valence-corrected chi connectivity index (χ0v) is 38.6. The summed E-state index contributed by atoms with van der Waals surface area (Å²) in [6.07, 6.45) is 0. The van der Waals surface area contributed by atoms with Crippen molar-refractivity contribution in [2.75, 3.05) is 9.80 Å². The molecule has 0 aliphatic rings. The van der Waals surface area contributed by atoms with Crippen molar-refractivity contribution >= 4 is 99.2 Å². The van der Waals surface area contributed by atoms with Gasteiger partial charge in [0.25, 0.3) is 0 Å². The molecule has 0 unspecified atom stereocenters. The van der Waals surface area contributed by atoms with E-state index in [1.54, 1.807) is 0 Å². The van der Waals surface area contributed by atoms with Crippen LogP contribution in [-0.2, 0) is 10.8 Å². The molecule has 10 aromatic carbocycles. The first-order valence-corrected chi connectivity index (χ1v) is 22.9. The van der Waals surface area contributed by atoms with Crippen LogP contribution in [-0.4, -0.2) is 0 Å². The number of aryl methyl sites for hydroxylation is 2. The summed E-state index contributed by atoms with van der Waals surface area (Å²) >= 11 is 0. The van der Waals surface area contributed by atoms with E-state index in [-0.39, 0.29) is 10.8 Å². The molecule has 0 saturated heterocycles. The molecule has 0 aliphatic heterocycles. The van der Waals surface area contributed by atoms with Crippen LogP contribution in [0.1, 0.15) is 63.8 Å². The third-order valence-electron chi connectivity index (χ3n) is 13.3. The van der Waals surface area contributed by atoms with E-state index in [2.05, 4.69) is 247 Å². The van der Waals surface area contributed by atoms with Crippen LogP contribution in [0.3, 0.4) is 0 Å². The van der Waals surface area contributed by atoms with Crippen LogP contribution in [0.15, 0.2) is 186 Å². The van der Waals surface area contributed by atoms with Crippen LogP contribution >= 0.6 is 0 Å². The lowest BCUT2D eigenvalue weighted by Crippen LogP contribution is -2.19. The maximum atomic E-state index is 6.83. The molecule has 0 aliphatic carbocycles. The van der Waals surface area contributed by atoms with Crippen LogP contribution in [0.25, 0.3) is 65.0 Å². The van der Waals surface area contributed by atoms with Gasteiger partial charge in [-0.05, 0) is 164 Å². The fourth-order valence-corrected chi connectivity index (χ4v) is 10.2. The minimum atomic E-state index is -0.106. The number of furan rings is 1. The Bertz CT molecular complexity index is 3400. The summed E-state index contributed by atoms with van der Waals surface area (Å²) in [4.78, 5) is 4.86. The summed E-state index contributed by atoms with van der Waals surface area (Å²) < 4.78 is 6.83. The highest BCUT2D eigenvalue weighted by atomic mass is 16.3. The summed E-state index contributed by atoms with van der Waals surface area (Å²) in [5.41, 5.74) is 13.5. The zero-order valence-electron chi connectivity index (χ0n) is 38.6. The van der Waals surface area contributed by atoms with Gasteiger partial charge in [0.1, 0.15) is 11.2 Å². The fourth-order valence-electron chi connectivity index (χ4n) is 10.2. The Labute approximate surface area is 382 Å². The number of rotatable bonds is 6. The normalized spacial score (nSPS) is 12.3. The predicted molar refractivity (Wildman–Crippen MR) is 280 cm³/mol. The molecule has 0 bridgehead atoms. The maximum Gasteiger partial charge on any atom is 0.136 e. The van der Waals surface area contributed by atoms with Gasteiger partial charge in [-0.3, -0.25) is 0 Å². The second-order valence-electron chi connectivity index (χ2n) is 20.1. The monoisotopic (exact) mass is 842 g/mol. The molecule has 1 heterocycles. The molecular weight excluding hydrogens is 789 g/mol. The third kappa shape index (κ3) is 7.07. The van der Waals surface area contributed by atoms with Crippen molar-refractivity contribution in [1.82, 2.24) is 0 Å². The maximum absolute atomic E-state index is 6.83. The van der Waals surface area contributed by atoms with Gasteiger partial charge in [-0.1, -0.05) is 150 Å². The van der Waals surface area contributed by atoms with Gasteiger partial charge >= 0.3 is 0 Å². The van der Waals surface area contributed by atoms with Crippen LogP contribution < -0.4 is 9.80 Å². The molecule has 0 saturated carbocycles. The molecule has 11 rings (SSSR count). The predicted octanol–water partition coefficient (Wildman–Crippen LogP) is 18.4. The second kappa shape index (κ2) is 15.1. The Hall–Kier alpha value is -7.36. The Morgan fingerprint density at radius 1 is 0.323 bits per heavy atom. The first-order chi connectivity index (χ1) is 31.3. The second-order valence-corrected chi connectivity index (χ2v) is 20.1. The lowest BCUT2D eigenvalue weighted by molar-refractivity contribution is 0.596. The first kappa shape index (κ1) is 40.4. The van der Waals surface area contributed by atoms with E-state index in [1.165, 1.54) is 65.9 Å². The van der Waals surface area contributed by atoms with E-state index in [0.717, 1.165) is 55.5 Å². The van der Waals surface area contributed by atoms with Gasteiger partial charge in [-0.25, -0.2) is 0 Å². The average molecular weight is 843 g/mol. The molecule has 318 valence electrons. The van der Waals surface area contributed by atoms with E-state index in [9.17, 15) is 0 Å². The van der Waals surface area contributed by atoms with Gasteiger partial charge in [-0.2, -0.15) is 0 Å². The minimum Gasteiger partial charge on any atom is -0.456 e. The molecule has 0 spiro atoms. The van der Waals surface area contributed by atoms with Gasteiger partial charge in [-0.15, -0.1) is 0 Å². The zero-order chi connectivity index (χ0) is 44.8. The summed E-state index contributed by atoms with van der Waals surface area (Å²) in [6, 6.07) is 67.3. The quantitative estimate of drug-likeness (QED) is 0.166. The molecule has 0 N–H and O–H groups in total. The SMILES string of the molecule is Cc1ccc(N(c2ccc3cc4c(cc3c2)oc2cc3cc(N(c5ccc(C)cc5)c5ccc6ccccc6c5C(C)(C)C)ccc3cc24)c2ccc3ccccc3c2C(C)(C)C)cc1. The van der Waals surface area contributed by atoms with Gasteiger partial charge in [0.15, 0.2) is 0 Å². The molecule has 3 nitrogen and oxygen atoms in total. The Morgan fingerprint density at radius 2 is 0.692 bits per heavy atom. The number of fused-ring (bicyclic) bond motifs is 7. The lowest BCUT2D eigenvalue weighted by atomic mass is 9.81. The molecule has 0 atom stereocenters. The topological polar surface area (TPSA) is 19.6 Å². The van der Waals surface area contributed by atoms with Crippen molar-refractivity contribution in [3.8, 4) is 0 Å². The molecule has 65 heavy (non-hydrogen) atoms. The van der Waals surface area contributed by atoms with Crippen LogP contribution in [0, 0.1) is 13.8 Å². The highest BCUT2D eigenvalue weighted by Crippen LogP contribution is 2.47. The minimum absolute atomic E-state index is 0.106. The van der Waals surface area contributed by atoms with Gasteiger partial charge in [0.2, 0.25) is 0 Å². The summed E-state index contributed by atoms with van der Waals surface area (Å²) in [6.45, 7) is 18.2. The van der Waals surface area contributed by atoms with Crippen molar-refractivity contribution in [2.24, 2.45) is 0 Å². The van der Waals surface area contributed by atoms with Gasteiger partial charge in [0, 0.05) is 33.5 Å². The molecule has 0 amide bonds. The number of nitrogens with zero attached hydrogens (tertiary/aromatic N) is 2. The highest BCUT2D eigenvalue weighted by molar-refractivity contribution is 6.14. The largest absolute Gasteiger partial charge is 0.456 e. The summed E-state index contributed by atoms with van der Waals surface area (Å²) in [7, 11) is 0. The smallest absolute Gasteiger partial charge is 0.136 e. The molecule has 0 radical (unpaired) electrons. The van der Waals surface area contributed by atoms with Gasteiger partial charge < -0.3 is 14.2 Å². The highest BCUT2D eigenvalue weighted by Gasteiger charge is 2.28. The molecular formula is C62H54N2O. The Kier molecular flexibility index (Phi) is 9.41. The van der Waals surface area contributed by atoms with Crippen molar-refractivity contribution in [3.05, 3.63) is 204 Å². The number of hydrogen-bond acceptors (Lipinski definition) is 3. The fraction of sp³-hybridized carbons (Fsp3) is 0.161. The van der Waals surface area contributed by atoms with Crippen LogP contribution in [0.2, 0.25) is 0 Å². The summed E-state index contributed by atoms with van der Waals surface area (Å²) in [5.74, 6) is 0. The van der Waals surface area contributed by atoms with Crippen molar-refractivity contribution in [1.29, 1.82) is 0 Å². The number of benzene rings is 10. The molecule has 3 heteroatoms. The van der Waals surface area contributed by atoms with Crippen LogP contribution in [0.5, 0.6) is 0 Å². The first-order valence-electron chi connectivity index (χ1n) is 22.9. The molecule has 11 aromatic rings. The summed E-state index contributed by atoms with van der Waals surface area (Å²) in [5, 5.41) is 11.9. The third-order valence-corrected chi connectivity index (χ3v) is 13.3. The van der Waals surface area contributed by atoms with E-state index < -0.39 is 0 Å². The van der Waals surface area contributed by atoms with E-state index in [0.29, 0.717) is 0 Å². The Morgan fingerprint density at radius 3 is 1.09 bits per heavy atom.